The number of aliphatic carboxylic acids is 3. The SMILES string of the molecule is O=C(O)CC(O)(CC(=O)O)C(=O)O.O=C1OC(CN2CCOCC2)CN1/N=C/c1ccc([N+](=O)[O-])o1. The summed E-state index contributed by atoms with van der Waals surface area (Å²) in [6.07, 6.45) is -1.83. The predicted octanol–water partition coefficient (Wildman–Crippen LogP) is -0.574. The highest BCUT2D eigenvalue weighted by Crippen LogP contribution is 2.17. The first-order valence-electron chi connectivity index (χ1n) is 10.4. The quantitative estimate of drug-likeness (QED) is 0.173. The Morgan fingerprint density at radius 2 is 1.78 bits per heavy atom. The molecule has 2 aliphatic rings. The highest BCUT2D eigenvalue weighted by molar-refractivity contribution is 5.88. The molecule has 198 valence electrons. The summed E-state index contributed by atoms with van der Waals surface area (Å²) in [7, 11) is 0. The monoisotopic (exact) mass is 516 g/mol. The van der Waals surface area contributed by atoms with Crippen LogP contribution in [0.15, 0.2) is 21.7 Å². The van der Waals surface area contributed by atoms with E-state index in [1.807, 2.05) is 0 Å². The number of carboxylic acids is 3. The number of aliphatic hydroxyl groups is 1. The molecule has 3 heterocycles. The number of nitro groups is 1. The molecule has 1 unspecified atom stereocenters. The van der Waals surface area contributed by atoms with E-state index in [9.17, 15) is 29.3 Å². The van der Waals surface area contributed by atoms with Gasteiger partial charge in [-0.05, 0) is 6.07 Å². The Labute approximate surface area is 202 Å². The van der Waals surface area contributed by atoms with Gasteiger partial charge in [-0.15, -0.1) is 0 Å². The van der Waals surface area contributed by atoms with Crippen molar-refractivity contribution in [2.24, 2.45) is 5.10 Å². The molecule has 0 aromatic carbocycles. The fraction of sp³-hybridized carbons (Fsp3) is 0.526. The van der Waals surface area contributed by atoms with Gasteiger partial charge in [-0.1, -0.05) is 0 Å². The zero-order chi connectivity index (χ0) is 26.9. The zero-order valence-electron chi connectivity index (χ0n) is 18.7. The molecule has 36 heavy (non-hydrogen) atoms. The van der Waals surface area contributed by atoms with Crippen LogP contribution in [0, 0.1) is 10.1 Å². The molecular formula is C19H24N4O13. The van der Waals surface area contributed by atoms with Crippen LogP contribution in [-0.4, -0.2) is 117 Å². The van der Waals surface area contributed by atoms with Crippen molar-refractivity contribution in [3.8, 4) is 0 Å². The Hall–Kier alpha value is -4.09. The van der Waals surface area contributed by atoms with Crippen LogP contribution < -0.4 is 0 Å². The third-order valence-electron chi connectivity index (χ3n) is 4.82. The average molecular weight is 516 g/mol. The molecule has 0 bridgehead atoms. The van der Waals surface area contributed by atoms with Crippen LogP contribution in [0.4, 0.5) is 10.7 Å². The zero-order valence-corrected chi connectivity index (χ0v) is 18.7. The van der Waals surface area contributed by atoms with Crippen molar-refractivity contribution in [2.45, 2.75) is 24.5 Å². The largest absolute Gasteiger partial charge is 0.481 e. The number of cyclic esters (lactones) is 1. The van der Waals surface area contributed by atoms with Crippen molar-refractivity contribution in [3.63, 3.8) is 0 Å². The molecule has 2 saturated heterocycles. The minimum atomic E-state index is -2.74. The molecule has 1 aromatic heterocycles. The lowest BCUT2D eigenvalue weighted by atomic mass is 9.96. The fourth-order valence-corrected chi connectivity index (χ4v) is 3.12. The first kappa shape index (κ1) is 28.1. The molecule has 17 heteroatoms. The van der Waals surface area contributed by atoms with Gasteiger partial charge in [0.25, 0.3) is 0 Å². The van der Waals surface area contributed by atoms with Crippen LogP contribution in [0.2, 0.25) is 0 Å². The fourth-order valence-electron chi connectivity index (χ4n) is 3.12. The van der Waals surface area contributed by atoms with Crippen molar-refractivity contribution in [2.75, 3.05) is 39.4 Å². The average Bonchev–Trinajstić information content (AvgIpc) is 3.39. The van der Waals surface area contributed by atoms with Gasteiger partial charge >= 0.3 is 29.9 Å². The lowest BCUT2D eigenvalue weighted by Gasteiger charge is -2.27. The molecule has 2 aliphatic heterocycles. The van der Waals surface area contributed by atoms with Crippen molar-refractivity contribution in [3.05, 3.63) is 28.0 Å². The maximum atomic E-state index is 11.8. The second-order valence-corrected chi connectivity index (χ2v) is 7.66. The van der Waals surface area contributed by atoms with E-state index in [1.165, 1.54) is 23.4 Å². The number of ether oxygens (including phenoxy) is 2. The van der Waals surface area contributed by atoms with Crippen molar-refractivity contribution >= 4 is 36.1 Å². The molecule has 17 nitrogen and oxygen atoms in total. The molecule has 0 radical (unpaired) electrons. The number of hydrogen-bond acceptors (Lipinski definition) is 12. The lowest BCUT2D eigenvalue weighted by molar-refractivity contribution is -0.402. The number of furan rings is 1. The Balaban J connectivity index is 0.000000302. The molecular weight excluding hydrogens is 492 g/mol. The van der Waals surface area contributed by atoms with Gasteiger partial charge in [-0.3, -0.25) is 24.6 Å². The van der Waals surface area contributed by atoms with E-state index in [4.69, 9.17) is 34.3 Å². The maximum Gasteiger partial charge on any atom is 0.433 e. The van der Waals surface area contributed by atoms with Gasteiger partial charge in [0.2, 0.25) is 0 Å². The Bertz CT molecular complexity index is 985. The van der Waals surface area contributed by atoms with Crippen LogP contribution in [-0.2, 0) is 23.9 Å². The van der Waals surface area contributed by atoms with Crippen LogP contribution in [0.3, 0.4) is 0 Å². The smallest absolute Gasteiger partial charge is 0.433 e. The normalized spacial score (nSPS) is 18.4. The molecule has 2 fully saturated rings. The summed E-state index contributed by atoms with van der Waals surface area (Å²) in [4.78, 5) is 54.3. The molecule has 1 amide bonds. The minimum Gasteiger partial charge on any atom is -0.481 e. The van der Waals surface area contributed by atoms with Gasteiger partial charge in [0.15, 0.2) is 11.4 Å². The third-order valence-corrected chi connectivity index (χ3v) is 4.82. The van der Waals surface area contributed by atoms with E-state index in [1.54, 1.807) is 0 Å². The standard InChI is InChI=1S/C13H16N4O6.C6H8O7/c18-13-16(14-7-10-1-2-12(22-10)17(19)20)9-11(23-13)8-15-3-5-21-6-4-15;7-3(8)1-6(13,5(11)12)2-4(9)10/h1-2,7,11H,3-6,8-9H2;13H,1-2H2,(H,7,8)(H,9,10)(H,11,12)/b14-7+;. The van der Waals surface area contributed by atoms with E-state index >= 15 is 0 Å². The predicted molar refractivity (Wildman–Crippen MR) is 114 cm³/mol. The number of amides is 1. The summed E-state index contributed by atoms with van der Waals surface area (Å²) in [5.41, 5.74) is -2.74. The first-order chi connectivity index (χ1) is 16.9. The molecule has 3 rings (SSSR count). The Kier molecular flexibility index (Phi) is 9.83. The van der Waals surface area contributed by atoms with E-state index in [0.717, 1.165) is 13.1 Å². The van der Waals surface area contributed by atoms with Gasteiger partial charge in [-0.2, -0.15) is 10.1 Å². The van der Waals surface area contributed by atoms with Gasteiger partial charge in [0, 0.05) is 19.6 Å². The summed E-state index contributed by atoms with van der Waals surface area (Å²) in [6, 6.07) is 2.64. The van der Waals surface area contributed by atoms with Gasteiger partial charge in [-0.25, -0.2) is 9.59 Å². The Morgan fingerprint density at radius 3 is 2.28 bits per heavy atom. The van der Waals surface area contributed by atoms with Crippen molar-refractivity contribution < 1.29 is 58.4 Å². The summed E-state index contributed by atoms with van der Waals surface area (Å²) in [5.74, 6) is -5.20. The number of rotatable bonds is 10. The van der Waals surface area contributed by atoms with Crippen LogP contribution in [0.1, 0.15) is 18.6 Å². The van der Waals surface area contributed by atoms with Crippen LogP contribution >= 0.6 is 0 Å². The van der Waals surface area contributed by atoms with Crippen molar-refractivity contribution in [1.29, 1.82) is 0 Å². The minimum absolute atomic E-state index is 0.195. The maximum absolute atomic E-state index is 11.8. The lowest BCUT2D eigenvalue weighted by Crippen LogP contribution is -2.42. The van der Waals surface area contributed by atoms with E-state index in [2.05, 4.69) is 10.0 Å². The number of hydrogen-bond donors (Lipinski definition) is 4. The molecule has 1 aromatic rings. The molecule has 0 spiro atoms. The number of carbonyl (C=O) groups excluding carboxylic acids is 1. The van der Waals surface area contributed by atoms with E-state index in [-0.39, 0.29) is 17.7 Å². The molecule has 4 N–H and O–H groups in total. The number of morpholine rings is 1. The number of hydrazone groups is 1. The summed E-state index contributed by atoms with van der Waals surface area (Å²) in [5, 5.41) is 49.5. The van der Waals surface area contributed by atoms with E-state index in [0.29, 0.717) is 26.3 Å². The summed E-state index contributed by atoms with van der Waals surface area (Å²) < 4.78 is 15.5. The van der Waals surface area contributed by atoms with E-state index < -0.39 is 47.4 Å². The van der Waals surface area contributed by atoms with Crippen molar-refractivity contribution in [1.82, 2.24) is 9.91 Å². The molecule has 0 saturated carbocycles. The highest BCUT2D eigenvalue weighted by atomic mass is 16.6. The second kappa shape index (κ2) is 12.6. The number of carboxylic acid groups (broad SMARTS) is 3. The highest BCUT2D eigenvalue weighted by Gasteiger charge is 2.40. The summed E-state index contributed by atoms with van der Waals surface area (Å²) >= 11 is 0. The Morgan fingerprint density at radius 1 is 1.17 bits per heavy atom. The molecule has 0 aliphatic carbocycles. The van der Waals surface area contributed by atoms with Gasteiger partial charge in [0.05, 0.1) is 44.9 Å². The molecule has 1 atom stereocenters. The number of nitrogens with zero attached hydrogens (tertiary/aromatic N) is 4. The van der Waals surface area contributed by atoms with Crippen LogP contribution in [0.5, 0.6) is 0 Å². The third kappa shape index (κ3) is 8.60. The van der Waals surface area contributed by atoms with Gasteiger partial charge in [0.1, 0.15) is 11.0 Å². The summed E-state index contributed by atoms with van der Waals surface area (Å²) in [6.45, 7) is 3.95. The van der Waals surface area contributed by atoms with Gasteiger partial charge < -0.3 is 34.3 Å². The number of carbonyl (C=O) groups is 4. The second-order valence-electron chi connectivity index (χ2n) is 7.66. The first-order valence-corrected chi connectivity index (χ1v) is 10.4. The topological polar surface area (TPSA) is 243 Å². The van der Waals surface area contributed by atoms with Crippen LogP contribution in [0.25, 0.3) is 0 Å².